The molecule has 3 heterocycles. The van der Waals surface area contributed by atoms with Gasteiger partial charge in [-0.1, -0.05) is 43.5 Å². The van der Waals surface area contributed by atoms with Crippen LogP contribution in [0.3, 0.4) is 0 Å². The first-order chi connectivity index (χ1) is 17.9. The van der Waals surface area contributed by atoms with Crippen LogP contribution in [0.2, 0.25) is 0 Å². The largest absolute Gasteiger partial charge is 0.361 e. The minimum Gasteiger partial charge on any atom is -0.361 e. The lowest BCUT2D eigenvalue weighted by Crippen LogP contribution is -2.59. The van der Waals surface area contributed by atoms with Crippen LogP contribution in [-0.2, 0) is 16.6 Å². The normalized spacial score (nSPS) is 16.7. The van der Waals surface area contributed by atoms with E-state index in [2.05, 4.69) is 26.7 Å². The first-order valence-corrected chi connectivity index (χ1v) is 13.9. The van der Waals surface area contributed by atoms with Crippen molar-refractivity contribution in [2.24, 2.45) is 0 Å². The standard InChI is InChI=1S/C30H34N4O2S/c1-21-13-17-37-26(21)27(35)34-29(2,18-22-19-32-24-11-5-4-10-23(22)24)28(36)33-20-30(14-7-3-8-15-30)25-12-6-9-16-31-25/h4-6,9-13,16-17,19,32H,3,7-8,14-15,18,20H2,1-2H3,(H,33,36)(H,34,35)/t29-/m0/s1. The number of carbonyl (C=O) groups excluding carboxylic acids is 2. The Bertz CT molecular complexity index is 1390. The van der Waals surface area contributed by atoms with E-state index in [4.69, 9.17) is 0 Å². The smallest absolute Gasteiger partial charge is 0.262 e. The number of H-pyrrole nitrogens is 1. The zero-order valence-electron chi connectivity index (χ0n) is 21.5. The summed E-state index contributed by atoms with van der Waals surface area (Å²) in [7, 11) is 0. The van der Waals surface area contributed by atoms with Crippen LogP contribution in [-0.4, -0.2) is 33.9 Å². The number of hydrogen-bond donors (Lipinski definition) is 3. The minimum absolute atomic E-state index is 0.179. The lowest BCUT2D eigenvalue weighted by Gasteiger charge is -2.38. The monoisotopic (exact) mass is 514 g/mol. The first kappa shape index (κ1) is 25.2. The van der Waals surface area contributed by atoms with Gasteiger partial charge in [0, 0.05) is 47.4 Å². The van der Waals surface area contributed by atoms with Crippen LogP contribution in [0.15, 0.2) is 66.3 Å². The van der Waals surface area contributed by atoms with E-state index < -0.39 is 5.54 Å². The Hall–Kier alpha value is -3.45. The Morgan fingerprint density at radius 1 is 1.08 bits per heavy atom. The van der Waals surface area contributed by atoms with Crippen molar-refractivity contribution in [3.05, 3.63) is 88.0 Å². The van der Waals surface area contributed by atoms with E-state index in [0.717, 1.165) is 53.4 Å². The van der Waals surface area contributed by atoms with Crippen molar-refractivity contribution in [3.8, 4) is 0 Å². The van der Waals surface area contributed by atoms with Crippen LogP contribution in [0.4, 0.5) is 0 Å². The number of amides is 2. The lowest BCUT2D eigenvalue weighted by molar-refractivity contribution is -0.127. The number of pyridine rings is 1. The SMILES string of the molecule is Cc1ccsc1C(=O)N[C@@](C)(Cc1c[nH]c2ccccc12)C(=O)NCC1(c2ccccn2)CCCCC1. The molecule has 0 unspecified atom stereocenters. The van der Waals surface area contributed by atoms with E-state index in [1.807, 2.05) is 74.1 Å². The maximum absolute atomic E-state index is 14.0. The van der Waals surface area contributed by atoms with Crippen molar-refractivity contribution in [1.29, 1.82) is 0 Å². The van der Waals surface area contributed by atoms with E-state index in [-0.39, 0.29) is 17.2 Å². The molecule has 0 saturated heterocycles. The highest BCUT2D eigenvalue weighted by atomic mass is 32.1. The van der Waals surface area contributed by atoms with Crippen LogP contribution in [0.5, 0.6) is 0 Å². The quantitative estimate of drug-likeness (QED) is 0.283. The second kappa shape index (κ2) is 10.5. The third-order valence-corrected chi connectivity index (χ3v) is 8.80. The molecule has 1 fully saturated rings. The van der Waals surface area contributed by atoms with E-state index in [0.29, 0.717) is 17.8 Å². The van der Waals surface area contributed by atoms with Crippen LogP contribution >= 0.6 is 11.3 Å². The van der Waals surface area contributed by atoms with Crippen molar-refractivity contribution < 1.29 is 9.59 Å². The van der Waals surface area contributed by atoms with Crippen molar-refractivity contribution in [3.63, 3.8) is 0 Å². The summed E-state index contributed by atoms with van der Waals surface area (Å²) >= 11 is 1.40. The number of aryl methyl sites for hydroxylation is 1. The van der Waals surface area contributed by atoms with E-state index >= 15 is 0 Å². The second-order valence-corrected chi connectivity index (χ2v) is 11.4. The number of rotatable bonds is 8. The lowest BCUT2D eigenvalue weighted by atomic mass is 9.71. The van der Waals surface area contributed by atoms with Gasteiger partial charge in [0.15, 0.2) is 0 Å². The average molecular weight is 515 g/mol. The van der Waals surface area contributed by atoms with Crippen LogP contribution in [0.25, 0.3) is 10.9 Å². The van der Waals surface area contributed by atoms with Gasteiger partial charge in [0.1, 0.15) is 5.54 Å². The second-order valence-electron chi connectivity index (χ2n) is 10.5. The highest BCUT2D eigenvalue weighted by Crippen LogP contribution is 2.38. The summed E-state index contributed by atoms with van der Waals surface area (Å²) in [6, 6.07) is 16.0. The predicted octanol–water partition coefficient (Wildman–Crippen LogP) is 5.68. The molecule has 1 saturated carbocycles. The molecule has 1 aliphatic rings. The number of para-hydroxylation sites is 1. The van der Waals surface area contributed by atoms with Gasteiger partial charge in [-0.25, -0.2) is 0 Å². The molecule has 37 heavy (non-hydrogen) atoms. The molecule has 1 aromatic carbocycles. The van der Waals surface area contributed by atoms with E-state index in [1.54, 1.807) is 0 Å². The van der Waals surface area contributed by atoms with Crippen LogP contribution in [0, 0.1) is 6.92 Å². The van der Waals surface area contributed by atoms with Gasteiger partial charge >= 0.3 is 0 Å². The number of fused-ring (bicyclic) bond motifs is 1. The average Bonchev–Trinajstić information content (AvgIpc) is 3.54. The van der Waals surface area contributed by atoms with Gasteiger partial charge in [0.25, 0.3) is 5.91 Å². The molecule has 7 heteroatoms. The third kappa shape index (κ3) is 5.18. The van der Waals surface area contributed by atoms with Gasteiger partial charge in [-0.3, -0.25) is 14.6 Å². The van der Waals surface area contributed by atoms with Crippen molar-refractivity contribution >= 4 is 34.1 Å². The van der Waals surface area contributed by atoms with Crippen molar-refractivity contribution in [2.75, 3.05) is 6.54 Å². The van der Waals surface area contributed by atoms with E-state index in [1.165, 1.54) is 17.8 Å². The molecular weight excluding hydrogens is 480 g/mol. The maximum Gasteiger partial charge on any atom is 0.262 e. The number of hydrogen-bond acceptors (Lipinski definition) is 4. The predicted molar refractivity (Wildman–Crippen MR) is 149 cm³/mol. The summed E-state index contributed by atoms with van der Waals surface area (Å²) in [5.74, 6) is -0.400. The zero-order valence-corrected chi connectivity index (χ0v) is 22.3. The molecule has 0 bridgehead atoms. The number of thiophene rings is 1. The number of benzene rings is 1. The molecule has 192 valence electrons. The number of aromatic amines is 1. The molecule has 4 aromatic rings. The van der Waals surface area contributed by atoms with Crippen LogP contribution in [0.1, 0.15) is 65.5 Å². The summed E-state index contributed by atoms with van der Waals surface area (Å²) in [4.78, 5) is 35.9. The molecule has 0 radical (unpaired) electrons. The molecule has 3 N–H and O–H groups in total. The van der Waals surface area contributed by atoms with Crippen LogP contribution < -0.4 is 10.6 Å². The molecule has 3 aromatic heterocycles. The summed E-state index contributed by atoms with van der Waals surface area (Å²) in [5.41, 5.74) is 2.62. The van der Waals surface area contributed by atoms with Crippen molar-refractivity contribution in [1.82, 2.24) is 20.6 Å². The Balaban J connectivity index is 1.43. The minimum atomic E-state index is -1.14. The fraction of sp³-hybridized carbons (Fsp3) is 0.367. The Labute approximate surface area is 221 Å². The number of nitrogens with zero attached hydrogens (tertiary/aromatic N) is 1. The summed E-state index contributed by atoms with van der Waals surface area (Å²) in [6.07, 6.45) is 9.56. The van der Waals surface area contributed by atoms with E-state index in [9.17, 15) is 9.59 Å². The molecule has 6 nitrogen and oxygen atoms in total. The van der Waals surface area contributed by atoms with Gasteiger partial charge in [-0.2, -0.15) is 0 Å². The molecular formula is C30H34N4O2S. The van der Waals surface area contributed by atoms with Gasteiger partial charge in [0.05, 0.1) is 4.88 Å². The Morgan fingerprint density at radius 2 is 1.86 bits per heavy atom. The summed E-state index contributed by atoms with van der Waals surface area (Å²) in [5, 5.41) is 9.33. The Kier molecular flexibility index (Phi) is 7.15. The van der Waals surface area contributed by atoms with Gasteiger partial charge in [0.2, 0.25) is 5.91 Å². The number of carbonyl (C=O) groups is 2. The van der Waals surface area contributed by atoms with Gasteiger partial charge < -0.3 is 15.6 Å². The highest BCUT2D eigenvalue weighted by Gasteiger charge is 2.40. The maximum atomic E-state index is 14.0. The number of aromatic nitrogens is 2. The fourth-order valence-electron chi connectivity index (χ4n) is 5.63. The topological polar surface area (TPSA) is 86.9 Å². The molecule has 0 spiro atoms. The molecule has 1 atom stereocenters. The zero-order chi connectivity index (χ0) is 25.9. The molecule has 1 aliphatic carbocycles. The number of nitrogens with one attached hydrogen (secondary N) is 3. The molecule has 2 amide bonds. The Morgan fingerprint density at radius 3 is 2.59 bits per heavy atom. The highest BCUT2D eigenvalue weighted by molar-refractivity contribution is 7.12. The summed E-state index contributed by atoms with van der Waals surface area (Å²) < 4.78 is 0. The molecule has 0 aliphatic heterocycles. The van der Waals surface area contributed by atoms with Gasteiger partial charge in [-0.15, -0.1) is 11.3 Å². The first-order valence-electron chi connectivity index (χ1n) is 13.0. The third-order valence-electron chi connectivity index (χ3n) is 7.78. The molecule has 5 rings (SSSR count). The van der Waals surface area contributed by atoms with Gasteiger partial charge in [-0.05, 0) is 67.5 Å². The summed E-state index contributed by atoms with van der Waals surface area (Å²) in [6.45, 7) is 4.25. The fourth-order valence-corrected chi connectivity index (χ4v) is 6.45. The van der Waals surface area contributed by atoms with Crippen molar-refractivity contribution in [2.45, 2.75) is 63.3 Å².